The lowest BCUT2D eigenvalue weighted by Crippen LogP contribution is -2.50. The summed E-state index contributed by atoms with van der Waals surface area (Å²) in [5, 5.41) is 2.88. The highest BCUT2D eigenvalue weighted by Gasteiger charge is 2.40. The van der Waals surface area contributed by atoms with Crippen molar-refractivity contribution in [3.8, 4) is 0 Å². The fourth-order valence-electron chi connectivity index (χ4n) is 4.57. The van der Waals surface area contributed by atoms with Crippen LogP contribution in [-0.4, -0.2) is 42.4 Å². The Labute approximate surface area is 133 Å². The van der Waals surface area contributed by atoms with Gasteiger partial charge in [-0.25, -0.2) is 0 Å². The van der Waals surface area contributed by atoms with Crippen molar-refractivity contribution < 1.29 is 9.59 Å². The zero-order valence-corrected chi connectivity index (χ0v) is 13.4. The maximum atomic E-state index is 12.4. The lowest BCUT2D eigenvalue weighted by molar-refractivity contribution is -0.135. The Morgan fingerprint density at radius 1 is 1.00 bits per heavy atom. The minimum atomic E-state index is 0.0595. The number of nitrogens with zero attached hydrogens (tertiary/aromatic N) is 1. The predicted octanol–water partition coefficient (Wildman–Crippen LogP) is 1.27. The number of nitrogens with one attached hydrogen (secondary N) is 1. The van der Waals surface area contributed by atoms with Crippen LogP contribution in [0.5, 0.6) is 0 Å². The van der Waals surface area contributed by atoms with Crippen LogP contribution in [0.3, 0.4) is 0 Å². The van der Waals surface area contributed by atoms with Gasteiger partial charge in [-0.15, -0.1) is 0 Å². The van der Waals surface area contributed by atoms with Crippen LogP contribution in [0, 0.1) is 17.8 Å². The monoisotopic (exact) mass is 307 g/mol. The van der Waals surface area contributed by atoms with Crippen molar-refractivity contribution >= 4 is 11.8 Å². The van der Waals surface area contributed by atoms with Gasteiger partial charge >= 0.3 is 0 Å². The molecule has 3 aliphatic rings. The SMILES string of the molecule is NC1C2CCCC1CC(C(=O)NCC(=O)N1CCCCC1)C2. The second kappa shape index (κ2) is 6.99. The number of piperidine rings is 1. The molecule has 3 rings (SSSR count). The van der Waals surface area contributed by atoms with Crippen molar-refractivity contribution in [2.75, 3.05) is 19.6 Å². The van der Waals surface area contributed by atoms with E-state index in [1.54, 1.807) is 0 Å². The molecular formula is C17H29N3O2. The largest absolute Gasteiger partial charge is 0.347 e. The van der Waals surface area contributed by atoms with Crippen LogP contribution in [0.4, 0.5) is 0 Å². The normalized spacial score (nSPS) is 35.0. The summed E-state index contributed by atoms with van der Waals surface area (Å²) in [6.07, 6.45) is 8.77. The highest BCUT2D eigenvalue weighted by atomic mass is 16.2. The van der Waals surface area contributed by atoms with Gasteiger partial charge in [0.2, 0.25) is 11.8 Å². The molecular weight excluding hydrogens is 278 g/mol. The average molecular weight is 307 g/mol. The van der Waals surface area contributed by atoms with Gasteiger partial charge < -0.3 is 16.0 Å². The maximum absolute atomic E-state index is 12.4. The molecule has 2 saturated carbocycles. The quantitative estimate of drug-likeness (QED) is 0.824. The van der Waals surface area contributed by atoms with Crippen molar-refractivity contribution in [2.45, 2.75) is 57.4 Å². The van der Waals surface area contributed by atoms with Crippen LogP contribution >= 0.6 is 0 Å². The molecule has 0 radical (unpaired) electrons. The molecule has 0 spiro atoms. The lowest BCUT2D eigenvalue weighted by atomic mass is 9.65. The Bertz CT molecular complexity index is 406. The molecule has 2 amide bonds. The van der Waals surface area contributed by atoms with E-state index in [1.165, 1.54) is 12.8 Å². The van der Waals surface area contributed by atoms with Crippen LogP contribution in [0.1, 0.15) is 51.4 Å². The number of nitrogens with two attached hydrogens (primary N) is 1. The van der Waals surface area contributed by atoms with Crippen molar-refractivity contribution in [3.05, 3.63) is 0 Å². The minimum absolute atomic E-state index is 0.0595. The number of carbonyl (C=O) groups excluding carboxylic acids is 2. The summed E-state index contributed by atoms with van der Waals surface area (Å²) in [6, 6.07) is 0.285. The second-order valence-corrected chi connectivity index (χ2v) is 7.36. The third-order valence-corrected chi connectivity index (χ3v) is 5.91. The zero-order valence-electron chi connectivity index (χ0n) is 13.4. The van der Waals surface area contributed by atoms with Gasteiger partial charge in [-0.05, 0) is 56.8 Å². The molecule has 22 heavy (non-hydrogen) atoms. The van der Waals surface area contributed by atoms with E-state index in [-0.39, 0.29) is 30.3 Å². The van der Waals surface area contributed by atoms with E-state index in [0.717, 1.165) is 51.6 Å². The molecule has 3 N–H and O–H groups in total. The smallest absolute Gasteiger partial charge is 0.241 e. The Balaban J connectivity index is 1.47. The summed E-state index contributed by atoms with van der Waals surface area (Å²) in [5.74, 6) is 1.20. The first-order valence-electron chi connectivity index (χ1n) is 8.96. The highest BCUT2D eigenvalue weighted by Crippen LogP contribution is 2.41. The van der Waals surface area contributed by atoms with Gasteiger partial charge in [0, 0.05) is 25.0 Å². The molecule has 2 bridgehead atoms. The molecule has 0 aromatic rings. The van der Waals surface area contributed by atoms with Gasteiger partial charge in [-0.2, -0.15) is 0 Å². The second-order valence-electron chi connectivity index (χ2n) is 7.36. The van der Waals surface area contributed by atoms with E-state index in [1.807, 2.05) is 4.90 Å². The van der Waals surface area contributed by atoms with E-state index in [4.69, 9.17) is 5.73 Å². The third kappa shape index (κ3) is 3.45. The molecule has 5 nitrogen and oxygen atoms in total. The van der Waals surface area contributed by atoms with Crippen molar-refractivity contribution in [1.29, 1.82) is 0 Å². The van der Waals surface area contributed by atoms with Gasteiger partial charge in [0.15, 0.2) is 0 Å². The predicted molar refractivity (Wildman–Crippen MR) is 85.0 cm³/mol. The lowest BCUT2D eigenvalue weighted by Gasteiger charge is -2.43. The van der Waals surface area contributed by atoms with Crippen LogP contribution < -0.4 is 11.1 Å². The Kier molecular flexibility index (Phi) is 5.01. The topological polar surface area (TPSA) is 75.4 Å². The van der Waals surface area contributed by atoms with E-state index in [0.29, 0.717) is 11.8 Å². The van der Waals surface area contributed by atoms with E-state index in [9.17, 15) is 9.59 Å². The summed E-state index contributed by atoms with van der Waals surface area (Å²) in [6.45, 7) is 1.85. The van der Waals surface area contributed by atoms with Crippen LogP contribution in [0.2, 0.25) is 0 Å². The van der Waals surface area contributed by atoms with Crippen LogP contribution in [0.25, 0.3) is 0 Å². The summed E-state index contributed by atoms with van der Waals surface area (Å²) in [5.41, 5.74) is 6.27. The number of carbonyl (C=O) groups is 2. The summed E-state index contributed by atoms with van der Waals surface area (Å²) in [7, 11) is 0. The molecule has 0 aromatic heterocycles. The molecule has 124 valence electrons. The van der Waals surface area contributed by atoms with Gasteiger partial charge in [-0.1, -0.05) is 6.42 Å². The molecule has 3 fully saturated rings. The van der Waals surface area contributed by atoms with Crippen LogP contribution in [0.15, 0.2) is 0 Å². The third-order valence-electron chi connectivity index (χ3n) is 5.91. The first kappa shape index (κ1) is 15.8. The average Bonchev–Trinajstić information content (AvgIpc) is 2.53. The maximum Gasteiger partial charge on any atom is 0.241 e. The number of rotatable bonds is 3. The highest BCUT2D eigenvalue weighted by molar-refractivity contribution is 5.86. The first-order valence-corrected chi connectivity index (χ1v) is 8.96. The van der Waals surface area contributed by atoms with Gasteiger partial charge in [0.05, 0.1) is 6.54 Å². The Hall–Kier alpha value is -1.10. The molecule has 2 atom stereocenters. The molecule has 2 unspecified atom stereocenters. The van der Waals surface area contributed by atoms with Crippen LogP contribution in [-0.2, 0) is 9.59 Å². The van der Waals surface area contributed by atoms with E-state index < -0.39 is 0 Å². The number of hydrogen-bond acceptors (Lipinski definition) is 3. The number of amides is 2. The van der Waals surface area contributed by atoms with E-state index >= 15 is 0 Å². The molecule has 2 aliphatic carbocycles. The fraction of sp³-hybridized carbons (Fsp3) is 0.882. The first-order chi connectivity index (χ1) is 10.6. The van der Waals surface area contributed by atoms with Crippen molar-refractivity contribution in [2.24, 2.45) is 23.5 Å². The number of likely N-dealkylation sites (tertiary alicyclic amines) is 1. The van der Waals surface area contributed by atoms with Gasteiger partial charge in [-0.3, -0.25) is 9.59 Å². The molecule has 1 heterocycles. The number of fused-ring (bicyclic) bond motifs is 2. The fourth-order valence-corrected chi connectivity index (χ4v) is 4.57. The summed E-state index contributed by atoms with van der Waals surface area (Å²) in [4.78, 5) is 26.4. The molecule has 1 aliphatic heterocycles. The number of hydrogen-bond donors (Lipinski definition) is 2. The molecule has 5 heteroatoms. The van der Waals surface area contributed by atoms with Gasteiger partial charge in [0.1, 0.15) is 0 Å². The standard InChI is InChI=1S/C17H29N3O2/c18-16-12-5-4-6-13(16)10-14(9-12)17(22)19-11-15(21)20-7-2-1-3-8-20/h12-14,16H,1-11,18H2,(H,19,22). The van der Waals surface area contributed by atoms with Crippen molar-refractivity contribution in [1.82, 2.24) is 10.2 Å². The zero-order chi connectivity index (χ0) is 15.5. The summed E-state index contributed by atoms with van der Waals surface area (Å²) < 4.78 is 0. The minimum Gasteiger partial charge on any atom is -0.347 e. The summed E-state index contributed by atoms with van der Waals surface area (Å²) >= 11 is 0. The van der Waals surface area contributed by atoms with E-state index in [2.05, 4.69) is 5.32 Å². The molecule has 0 aromatic carbocycles. The molecule has 1 saturated heterocycles. The van der Waals surface area contributed by atoms with Gasteiger partial charge in [0.25, 0.3) is 0 Å². The Morgan fingerprint density at radius 2 is 1.64 bits per heavy atom. The van der Waals surface area contributed by atoms with Crippen molar-refractivity contribution in [3.63, 3.8) is 0 Å². The Morgan fingerprint density at radius 3 is 2.27 bits per heavy atom.